The smallest absolute Gasteiger partial charge is 0.212 e. The molecule has 0 spiro atoms. The summed E-state index contributed by atoms with van der Waals surface area (Å²) in [5.74, 6) is 0.166. The van der Waals surface area contributed by atoms with Crippen LogP contribution in [0.15, 0.2) is 0 Å². The molecule has 1 aliphatic carbocycles. The molecule has 5 heteroatoms. The van der Waals surface area contributed by atoms with Gasteiger partial charge in [0.15, 0.2) is 0 Å². The molecule has 1 aliphatic rings. The molecule has 0 radical (unpaired) electrons. The van der Waals surface area contributed by atoms with Gasteiger partial charge in [-0.05, 0) is 19.8 Å². The van der Waals surface area contributed by atoms with Gasteiger partial charge in [-0.25, -0.2) is 12.7 Å². The van der Waals surface area contributed by atoms with E-state index in [0.717, 1.165) is 25.7 Å². The minimum Gasteiger partial charge on any atom is -0.212 e. The SMILES string of the molecule is CC(CCl)S(=O)(=O)N(C)C1CCCCCC1. The lowest BCUT2D eigenvalue weighted by atomic mass is 10.1. The Hall–Kier alpha value is 0.200. The van der Waals surface area contributed by atoms with E-state index in [1.165, 1.54) is 12.8 Å². The number of halogens is 1. The monoisotopic (exact) mass is 267 g/mol. The zero-order chi connectivity index (χ0) is 12.2. The van der Waals surface area contributed by atoms with Crippen molar-refractivity contribution in [2.45, 2.75) is 56.7 Å². The molecule has 0 N–H and O–H groups in total. The minimum absolute atomic E-state index is 0.166. The number of alkyl halides is 1. The van der Waals surface area contributed by atoms with Crippen LogP contribution in [0.5, 0.6) is 0 Å². The number of hydrogen-bond donors (Lipinski definition) is 0. The van der Waals surface area contributed by atoms with Gasteiger partial charge in [0.1, 0.15) is 0 Å². The van der Waals surface area contributed by atoms with Crippen LogP contribution in [0.2, 0.25) is 0 Å². The maximum Gasteiger partial charge on any atom is 0.217 e. The van der Waals surface area contributed by atoms with E-state index in [1.807, 2.05) is 0 Å². The van der Waals surface area contributed by atoms with Gasteiger partial charge in [-0.2, -0.15) is 0 Å². The fourth-order valence-electron chi connectivity index (χ4n) is 2.19. The molecule has 1 rings (SSSR count). The standard InChI is InChI=1S/C11H22ClNO2S/c1-10(9-12)16(14,15)13(2)11-7-5-3-4-6-8-11/h10-11H,3-9H2,1-2H3. The molecule has 1 fully saturated rings. The molecule has 16 heavy (non-hydrogen) atoms. The van der Waals surface area contributed by atoms with Crippen LogP contribution in [0.3, 0.4) is 0 Å². The third kappa shape index (κ3) is 3.34. The van der Waals surface area contributed by atoms with Gasteiger partial charge in [-0.15, -0.1) is 11.6 Å². The molecule has 1 unspecified atom stereocenters. The normalized spacial score (nSPS) is 22.0. The van der Waals surface area contributed by atoms with Crippen molar-refractivity contribution >= 4 is 21.6 Å². The van der Waals surface area contributed by atoms with Crippen molar-refractivity contribution in [3.8, 4) is 0 Å². The Kier molecular flexibility index (Phi) is 5.54. The first-order chi connectivity index (χ1) is 7.50. The predicted molar refractivity (Wildman–Crippen MR) is 68.4 cm³/mol. The van der Waals surface area contributed by atoms with Crippen LogP contribution in [-0.4, -0.2) is 36.9 Å². The first-order valence-electron chi connectivity index (χ1n) is 6.03. The highest BCUT2D eigenvalue weighted by molar-refractivity contribution is 7.89. The Bertz CT molecular complexity index is 297. The molecule has 0 heterocycles. The van der Waals surface area contributed by atoms with Crippen LogP contribution >= 0.6 is 11.6 Å². The summed E-state index contributed by atoms with van der Waals surface area (Å²) in [6, 6.07) is 0.179. The fraction of sp³-hybridized carbons (Fsp3) is 1.00. The van der Waals surface area contributed by atoms with Crippen LogP contribution in [-0.2, 0) is 10.0 Å². The maximum absolute atomic E-state index is 12.1. The van der Waals surface area contributed by atoms with Gasteiger partial charge >= 0.3 is 0 Å². The van der Waals surface area contributed by atoms with Crippen molar-refractivity contribution in [1.29, 1.82) is 0 Å². The average molecular weight is 268 g/mol. The molecule has 3 nitrogen and oxygen atoms in total. The molecule has 0 saturated heterocycles. The van der Waals surface area contributed by atoms with E-state index in [1.54, 1.807) is 18.3 Å². The molecule has 0 aromatic heterocycles. The molecular weight excluding hydrogens is 246 g/mol. The third-order valence-electron chi connectivity index (χ3n) is 3.47. The lowest BCUT2D eigenvalue weighted by molar-refractivity contribution is 0.333. The van der Waals surface area contributed by atoms with Crippen molar-refractivity contribution in [3.05, 3.63) is 0 Å². The van der Waals surface area contributed by atoms with E-state index < -0.39 is 15.3 Å². The summed E-state index contributed by atoms with van der Waals surface area (Å²) in [5, 5.41) is -0.484. The van der Waals surface area contributed by atoms with Crippen LogP contribution in [0, 0.1) is 0 Å². The van der Waals surface area contributed by atoms with Gasteiger partial charge < -0.3 is 0 Å². The molecule has 0 bridgehead atoms. The molecular formula is C11H22ClNO2S. The Balaban J connectivity index is 2.71. The number of sulfonamides is 1. The van der Waals surface area contributed by atoms with Gasteiger partial charge in [0, 0.05) is 19.0 Å². The highest BCUT2D eigenvalue weighted by Crippen LogP contribution is 2.24. The van der Waals surface area contributed by atoms with Gasteiger partial charge in [0.05, 0.1) is 5.25 Å². The van der Waals surface area contributed by atoms with Crippen molar-refractivity contribution in [3.63, 3.8) is 0 Å². The van der Waals surface area contributed by atoms with Gasteiger partial charge in [0.25, 0.3) is 0 Å². The zero-order valence-electron chi connectivity index (χ0n) is 10.2. The topological polar surface area (TPSA) is 37.4 Å². The zero-order valence-corrected chi connectivity index (χ0v) is 11.7. The maximum atomic E-state index is 12.1. The summed E-state index contributed by atoms with van der Waals surface area (Å²) < 4.78 is 25.8. The van der Waals surface area contributed by atoms with Crippen molar-refractivity contribution < 1.29 is 8.42 Å². The first kappa shape index (κ1) is 14.3. The highest BCUT2D eigenvalue weighted by atomic mass is 35.5. The molecule has 0 aromatic rings. The largest absolute Gasteiger partial charge is 0.217 e. The van der Waals surface area contributed by atoms with E-state index in [9.17, 15) is 8.42 Å². The summed E-state index contributed by atoms with van der Waals surface area (Å²) in [5.41, 5.74) is 0. The summed E-state index contributed by atoms with van der Waals surface area (Å²) >= 11 is 5.65. The van der Waals surface area contributed by atoms with E-state index in [-0.39, 0.29) is 11.9 Å². The number of rotatable bonds is 4. The average Bonchev–Trinajstić information content (AvgIpc) is 2.55. The van der Waals surface area contributed by atoms with Crippen LogP contribution in [0.25, 0.3) is 0 Å². The van der Waals surface area contributed by atoms with Gasteiger partial charge in [-0.3, -0.25) is 0 Å². The van der Waals surface area contributed by atoms with Crippen molar-refractivity contribution in [1.82, 2.24) is 4.31 Å². The van der Waals surface area contributed by atoms with E-state index in [4.69, 9.17) is 11.6 Å². The van der Waals surface area contributed by atoms with Crippen LogP contribution in [0.4, 0.5) is 0 Å². The summed E-state index contributed by atoms with van der Waals surface area (Å²) in [6.45, 7) is 1.68. The second kappa shape index (κ2) is 6.22. The quantitative estimate of drug-likeness (QED) is 0.580. The lowest BCUT2D eigenvalue weighted by Gasteiger charge is -2.28. The van der Waals surface area contributed by atoms with Crippen LogP contribution < -0.4 is 0 Å². The fourth-order valence-corrected chi connectivity index (χ4v) is 4.02. The van der Waals surface area contributed by atoms with Crippen LogP contribution in [0.1, 0.15) is 45.4 Å². The Morgan fingerprint density at radius 3 is 2.19 bits per heavy atom. The number of nitrogens with zero attached hydrogens (tertiary/aromatic N) is 1. The molecule has 0 aromatic carbocycles. The third-order valence-corrected chi connectivity index (χ3v) is 6.40. The van der Waals surface area contributed by atoms with E-state index >= 15 is 0 Å². The molecule has 0 amide bonds. The summed E-state index contributed by atoms with van der Waals surface area (Å²) in [7, 11) is -1.50. The van der Waals surface area contributed by atoms with E-state index in [2.05, 4.69) is 0 Å². The van der Waals surface area contributed by atoms with Crippen molar-refractivity contribution in [2.24, 2.45) is 0 Å². The summed E-state index contributed by atoms with van der Waals surface area (Å²) in [6.07, 6.45) is 6.72. The Labute approximate surface area is 104 Å². The minimum atomic E-state index is -3.20. The number of hydrogen-bond acceptors (Lipinski definition) is 2. The Morgan fingerprint density at radius 1 is 1.25 bits per heavy atom. The highest BCUT2D eigenvalue weighted by Gasteiger charge is 2.30. The Morgan fingerprint density at radius 2 is 1.75 bits per heavy atom. The van der Waals surface area contributed by atoms with Gasteiger partial charge in [-0.1, -0.05) is 25.7 Å². The molecule has 1 saturated carbocycles. The summed E-state index contributed by atoms with van der Waals surface area (Å²) in [4.78, 5) is 0. The second-order valence-electron chi connectivity index (χ2n) is 4.67. The first-order valence-corrected chi connectivity index (χ1v) is 8.06. The molecule has 0 aliphatic heterocycles. The van der Waals surface area contributed by atoms with Crippen molar-refractivity contribution in [2.75, 3.05) is 12.9 Å². The predicted octanol–water partition coefficient (Wildman–Crippen LogP) is 2.60. The second-order valence-corrected chi connectivity index (χ2v) is 7.39. The molecule has 1 atom stereocenters. The molecule has 96 valence electrons. The van der Waals surface area contributed by atoms with E-state index in [0.29, 0.717) is 0 Å². The lowest BCUT2D eigenvalue weighted by Crippen LogP contribution is -2.42. The van der Waals surface area contributed by atoms with Gasteiger partial charge in [0.2, 0.25) is 10.0 Å².